The Morgan fingerprint density at radius 2 is 2.22 bits per heavy atom. The molecule has 1 fully saturated rings. The zero-order chi connectivity index (χ0) is 13.3. The minimum absolute atomic E-state index is 0.0796. The van der Waals surface area contributed by atoms with Crippen LogP contribution >= 0.6 is 11.6 Å². The Hall–Kier alpha value is -1.62. The van der Waals surface area contributed by atoms with Crippen molar-refractivity contribution >= 4 is 29.7 Å². The third-order valence-electron chi connectivity index (χ3n) is 2.77. The Morgan fingerprint density at radius 3 is 2.72 bits per heavy atom. The number of carbonyl (C=O) groups is 2. The van der Waals surface area contributed by atoms with Gasteiger partial charge in [-0.3, -0.25) is 4.79 Å². The van der Waals surface area contributed by atoms with Crippen LogP contribution in [0, 0.1) is 5.82 Å². The van der Waals surface area contributed by atoms with Gasteiger partial charge in [0.25, 0.3) is 0 Å². The summed E-state index contributed by atoms with van der Waals surface area (Å²) in [5.41, 5.74) is 0.0976. The number of esters is 1. The molecule has 0 saturated heterocycles. The van der Waals surface area contributed by atoms with Gasteiger partial charge in [0, 0.05) is 6.04 Å². The summed E-state index contributed by atoms with van der Waals surface area (Å²) in [6.45, 7) is 0. The lowest BCUT2D eigenvalue weighted by molar-refractivity contribution is -0.107. The number of anilines is 1. The van der Waals surface area contributed by atoms with Crippen molar-refractivity contribution in [1.29, 1.82) is 0 Å². The first-order valence-corrected chi connectivity index (χ1v) is 5.77. The summed E-state index contributed by atoms with van der Waals surface area (Å²) in [5.74, 6) is -1.57. The Labute approximate surface area is 108 Å². The van der Waals surface area contributed by atoms with Crippen molar-refractivity contribution in [3.63, 3.8) is 0 Å². The third kappa shape index (κ3) is 2.31. The average molecular weight is 272 g/mol. The number of benzene rings is 1. The second-order valence-electron chi connectivity index (χ2n) is 4.02. The molecule has 2 rings (SSSR count). The normalized spacial score (nSPS) is 14.2. The minimum atomic E-state index is -0.799. The molecule has 18 heavy (non-hydrogen) atoms. The molecule has 0 aromatic heterocycles. The molecule has 0 spiro atoms. The molecule has 0 heterocycles. The lowest BCUT2D eigenvalue weighted by atomic mass is 10.1. The molecular formula is C12H11ClFNO3. The second-order valence-corrected chi connectivity index (χ2v) is 4.43. The van der Waals surface area contributed by atoms with E-state index in [2.05, 4.69) is 4.74 Å². The van der Waals surface area contributed by atoms with Crippen LogP contribution in [-0.4, -0.2) is 25.5 Å². The lowest BCUT2D eigenvalue weighted by Crippen LogP contribution is -2.24. The molecular weight excluding hydrogens is 261 g/mol. The summed E-state index contributed by atoms with van der Waals surface area (Å²) in [4.78, 5) is 23.8. The minimum Gasteiger partial charge on any atom is -0.465 e. The van der Waals surface area contributed by atoms with Gasteiger partial charge in [0.15, 0.2) is 0 Å². The van der Waals surface area contributed by atoms with Gasteiger partial charge in [-0.05, 0) is 25.0 Å². The Kier molecular flexibility index (Phi) is 3.52. The summed E-state index contributed by atoms with van der Waals surface area (Å²) in [6.07, 6.45) is 2.39. The SMILES string of the molecule is COC(=O)c1cc(N(C=O)C2CC2)c(Cl)cc1F. The molecule has 1 aliphatic rings. The largest absolute Gasteiger partial charge is 0.465 e. The quantitative estimate of drug-likeness (QED) is 0.624. The summed E-state index contributed by atoms with van der Waals surface area (Å²) >= 11 is 5.90. The van der Waals surface area contributed by atoms with E-state index in [1.54, 1.807) is 0 Å². The number of hydrogen-bond acceptors (Lipinski definition) is 3. The van der Waals surface area contributed by atoms with Gasteiger partial charge in [0.1, 0.15) is 5.82 Å². The van der Waals surface area contributed by atoms with Crippen molar-refractivity contribution in [1.82, 2.24) is 0 Å². The molecule has 0 radical (unpaired) electrons. The molecule has 1 saturated carbocycles. The van der Waals surface area contributed by atoms with Gasteiger partial charge in [0.05, 0.1) is 23.4 Å². The Bertz CT molecular complexity index is 502. The lowest BCUT2D eigenvalue weighted by Gasteiger charge is -2.19. The van der Waals surface area contributed by atoms with Gasteiger partial charge in [0.2, 0.25) is 6.41 Å². The van der Waals surface area contributed by atoms with Gasteiger partial charge in [-0.15, -0.1) is 0 Å². The smallest absolute Gasteiger partial charge is 0.340 e. The van der Waals surface area contributed by atoms with Gasteiger partial charge < -0.3 is 9.64 Å². The number of carbonyl (C=O) groups excluding carboxylic acids is 2. The molecule has 0 atom stereocenters. The molecule has 0 aliphatic heterocycles. The summed E-state index contributed by atoms with van der Waals surface area (Å²) < 4.78 is 18.0. The van der Waals surface area contributed by atoms with E-state index in [1.807, 2.05) is 0 Å². The number of nitrogens with zero attached hydrogens (tertiary/aromatic N) is 1. The van der Waals surface area contributed by atoms with Crippen LogP contribution in [0.2, 0.25) is 5.02 Å². The number of hydrogen-bond donors (Lipinski definition) is 0. The van der Waals surface area contributed by atoms with Crippen LogP contribution in [0.25, 0.3) is 0 Å². The number of methoxy groups -OCH3 is 1. The fraction of sp³-hybridized carbons (Fsp3) is 0.333. The van der Waals surface area contributed by atoms with E-state index >= 15 is 0 Å². The van der Waals surface area contributed by atoms with Gasteiger partial charge in [-0.25, -0.2) is 9.18 Å². The maximum atomic E-state index is 13.6. The molecule has 6 heteroatoms. The van der Waals surface area contributed by atoms with E-state index in [0.29, 0.717) is 12.1 Å². The Morgan fingerprint density at radius 1 is 1.56 bits per heavy atom. The highest BCUT2D eigenvalue weighted by atomic mass is 35.5. The first-order valence-electron chi connectivity index (χ1n) is 5.39. The highest BCUT2D eigenvalue weighted by molar-refractivity contribution is 6.33. The molecule has 0 N–H and O–H groups in total. The van der Waals surface area contributed by atoms with E-state index in [1.165, 1.54) is 11.0 Å². The van der Waals surface area contributed by atoms with E-state index in [0.717, 1.165) is 26.0 Å². The standard InChI is InChI=1S/C12H11ClFNO3/c1-18-12(17)8-4-11(9(13)5-10(8)14)15(6-16)7-2-3-7/h4-7H,2-3H2,1H3. The number of halogens is 2. The zero-order valence-electron chi connectivity index (χ0n) is 9.65. The molecule has 1 aromatic carbocycles. The van der Waals surface area contributed by atoms with Gasteiger partial charge in [-0.1, -0.05) is 11.6 Å². The number of amides is 1. The predicted molar refractivity (Wildman–Crippen MR) is 64.3 cm³/mol. The molecule has 96 valence electrons. The van der Waals surface area contributed by atoms with Crippen molar-refractivity contribution < 1.29 is 18.7 Å². The number of rotatable bonds is 4. The van der Waals surface area contributed by atoms with Gasteiger partial charge in [-0.2, -0.15) is 0 Å². The van der Waals surface area contributed by atoms with E-state index < -0.39 is 11.8 Å². The maximum Gasteiger partial charge on any atom is 0.340 e. The molecule has 4 nitrogen and oxygen atoms in total. The fourth-order valence-electron chi connectivity index (χ4n) is 1.69. The van der Waals surface area contributed by atoms with Crippen molar-refractivity contribution in [2.24, 2.45) is 0 Å². The maximum absolute atomic E-state index is 13.6. The van der Waals surface area contributed by atoms with Crippen LogP contribution in [0.5, 0.6) is 0 Å². The third-order valence-corrected chi connectivity index (χ3v) is 3.08. The van der Waals surface area contributed by atoms with Crippen LogP contribution in [-0.2, 0) is 9.53 Å². The van der Waals surface area contributed by atoms with Crippen molar-refractivity contribution in [2.45, 2.75) is 18.9 Å². The van der Waals surface area contributed by atoms with Crippen LogP contribution in [0.3, 0.4) is 0 Å². The van der Waals surface area contributed by atoms with Crippen LogP contribution in [0.1, 0.15) is 23.2 Å². The monoisotopic (exact) mass is 271 g/mol. The average Bonchev–Trinajstić information content (AvgIpc) is 3.16. The highest BCUT2D eigenvalue weighted by Gasteiger charge is 2.31. The molecule has 0 bridgehead atoms. The summed E-state index contributed by atoms with van der Waals surface area (Å²) in [6, 6.07) is 2.34. The van der Waals surface area contributed by atoms with Crippen LogP contribution < -0.4 is 4.90 Å². The topological polar surface area (TPSA) is 46.6 Å². The van der Waals surface area contributed by atoms with Gasteiger partial charge >= 0.3 is 5.97 Å². The van der Waals surface area contributed by atoms with Crippen molar-refractivity contribution in [3.05, 3.63) is 28.5 Å². The van der Waals surface area contributed by atoms with Crippen molar-refractivity contribution in [3.8, 4) is 0 Å². The molecule has 1 aliphatic carbocycles. The second kappa shape index (κ2) is 4.94. The van der Waals surface area contributed by atoms with Crippen LogP contribution in [0.15, 0.2) is 12.1 Å². The summed E-state index contributed by atoms with van der Waals surface area (Å²) in [7, 11) is 1.16. The highest BCUT2D eigenvalue weighted by Crippen LogP contribution is 2.36. The molecule has 1 aromatic rings. The fourth-order valence-corrected chi connectivity index (χ4v) is 1.94. The summed E-state index contributed by atoms with van der Waals surface area (Å²) in [5, 5.41) is 0.0964. The Balaban J connectivity index is 2.46. The zero-order valence-corrected chi connectivity index (χ0v) is 10.4. The predicted octanol–water partition coefficient (Wildman–Crippen LogP) is 2.39. The van der Waals surface area contributed by atoms with Crippen molar-refractivity contribution in [2.75, 3.05) is 12.0 Å². The molecule has 1 amide bonds. The first-order chi connectivity index (χ1) is 8.58. The number of ether oxygens (including phenoxy) is 1. The van der Waals surface area contributed by atoms with Crippen LogP contribution in [0.4, 0.5) is 10.1 Å². The molecule has 0 unspecified atom stereocenters. The van der Waals surface area contributed by atoms with E-state index in [9.17, 15) is 14.0 Å². The van der Waals surface area contributed by atoms with E-state index in [-0.39, 0.29) is 16.6 Å². The van der Waals surface area contributed by atoms with E-state index in [4.69, 9.17) is 11.6 Å². The first kappa shape index (κ1) is 12.8.